The Morgan fingerprint density at radius 3 is 1.16 bits per heavy atom. The molecule has 3 heteroatoms. The standard InChI is InChI=1S/C64H54N2O/c1-41(2)47-23-15-25-53(33-47)65(63-43(5)17-13-27-57(63)45-19-9-7-10-20-45)55-31-29-49-37-59-60-38-50-30-32-56(36-52(50)40-62(60)67-61(59)39-51(49)35-55)66(54-26-16-24-48(34-54)42(3)4)64-44(6)18-14-28-58(64)46-21-11-8-12-22-46/h7-42H,1-6H3. The molecule has 0 saturated heterocycles. The number of hydrogen-bond acceptors (Lipinski definition) is 3. The SMILES string of the molecule is Cc1cccc(-c2ccccc2)c1N(c1cccc(C(C)C)c1)c1ccc2cc3c(cc2c1)oc1cc2cc(N(c4cccc(C(C)C)c4)c4c(C)cccc4-c4ccccc4)ccc2cc13. The van der Waals surface area contributed by atoms with E-state index >= 15 is 0 Å². The summed E-state index contributed by atoms with van der Waals surface area (Å²) in [7, 11) is 0. The number of hydrogen-bond donors (Lipinski definition) is 0. The molecule has 0 radical (unpaired) electrons. The second-order valence-electron chi connectivity index (χ2n) is 18.7. The number of nitrogens with zero attached hydrogens (tertiary/aromatic N) is 2. The fourth-order valence-corrected chi connectivity index (χ4v) is 9.99. The first kappa shape index (κ1) is 41.8. The molecule has 0 bridgehead atoms. The summed E-state index contributed by atoms with van der Waals surface area (Å²) in [4.78, 5) is 4.89. The molecular weight excluding hydrogens is 813 g/mol. The van der Waals surface area contributed by atoms with Crippen LogP contribution in [0.2, 0.25) is 0 Å². The lowest BCUT2D eigenvalue weighted by Crippen LogP contribution is -2.13. The number of furan rings is 1. The number of para-hydroxylation sites is 2. The lowest BCUT2D eigenvalue weighted by Gasteiger charge is -2.30. The van der Waals surface area contributed by atoms with E-state index in [2.05, 4.69) is 258 Å². The molecular formula is C64H54N2O. The largest absolute Gasteiger partial charge is 0.456 e. The summed E-state index contributed by atoms with van der Waals surface area (Å²) in [5.74, 6) is 0.796. The van der Waals surface area contributed by atoms with Crippen molar-refractivity contribution in [2.24, 2.45) is 0 Å². The van der Waals surface area contributed by atoms with Crippen molar-refractivity contribution in [3.05, 3.63) is 229 Å². The number of fused-ring (bicyclic) bond motifs is 5. The fraction of sp³-hybridized carbons (Fsp3) is 0.125. The predicted molar refractivity (Wildman–Crippen MR) is 287 cm³/mol. The van der Waals surface area contributed by atoms with Crippen molar-refractivity contribution < 1.29 is 4.42 Å². The normalized spacial score (nSPS) is 11.7. The smallest absolute Gasteiger partial charge is 0.136 e. The molecule has 0 atom stereocenters. The quantitative estimate of drug-likeness (QED) is 0.137. The molecule has 10 aromatic carbocycles. The summed E-state index contributed by atoms with van der Waals surface area (Å²) in [5, 5.41) is 6.83. The van der Waals surface area contributed by atoms with Crippen LogP contribution in [0.4, 0.5) is 34.1 Å². The third kappa shape index (κ3) is 7.71. The molecule has 1 aromatic heterocycles. The van der Waals surface area contributed by atoms with Gasteiger partial charge in [-0.3, -0.25) is 0 Å². The molecule has 0 aliphatic rings. The van der Waals surface area contributed by atoms with Crippen LogP contribution in [0.15, 0.2) is 211 Å². The van der Waals surface area contributed by atoms with Gasteiger partial charge in [0, 0.05) is 44.6 Å². The molecule has 11 aromatic rings. The molecule has 0 fully saturated rings. The highest BCUT2D eigenvalue weighted by molar-refractivity contribution is 6.14. The number of rotatable bonds is 10. The summed E-state index contributed by atoms with van der Waals surface area (Å²) in [6.45, 7) is 13.5. The third-order valence-corrected chi connectivity index (χ3v) is 13.6. The Kier molecular flexibility index (Phi) is 10.7. The Balaban J connectivity index is 1.05. The van der Waals surface area contributed by atoms with Crippen LogP contribution in [-0.2, 0) is 0 Å². The van der Waals surface area contributed by atoms with E-state index in [1.807, 2.05) is 0 Å². The highest BCUT2D eigenvalue weighted by atomic mass is 16.3. The topological polar surface area (TPSA) is 19.6 Å². The van der Waals surface area contributed by atoms with Crippen molar-refractivity contribution in [2.75, 3.05) is 9.80 Å². The minimum absolute atomic E-state index is 0.398. The molecule has 326 valence electrons. The van der Waals surface area contributed by atoms with Crippen LogP contribution in [0.5, 0.6) is 0 Å². The second-order valence-corrected chi connectivity index (χ2v) is 18.7. The van der Waals surface area contributed by atoms with Gasteiger partial charge in [0.25, 0.3) is 0 Å². The summed E-state index contributed by atoms with van der Waals surface area (Å²) < 4.78 is 6.86. The molecule has 0 amide bonds. The Bertz CT molecular complexity index is 3380. The van der Waals surface area contributed by atoms with Crippen LogP contribution in [0.25, 0.3) is 65.7 Å². The lowest BCUT2D eigenvalue weighted by atomic mass is 9.96. The zero-order valence-electron chi connectivity index (χ0n) is 39.1. The zero-order valence-corrected chi connectivity index (χ0v) is 39.1. The van der Waals surface area contributed by atoms with E-state index in [-0.39, 0.29) is 0 Å². The van der Waals surface area contributed by atoms with Crippen molar-refractivity contribution in [1.29, 1.82) is 0 Å². The van der Waals surface area contributed by atoms with E-state index in [0.29, 0.717) is 11.8 Å². The van der Waals surface area contributed by atoms with Gasteiger partial charge in [0.05, 0.1) is 11.4 Å². The maximum absolute atomic E-state index is 6.86. The Morgan fingerprint density at radius 2 is 0.746 bits per heavy atom. The van der Waals surface area contributed by atoms with E-state index in [0.717, 1.165) is 55.5 Å². The van der Waals surface area contributed by atoms with Crippen molar-refractivity contribution in [2.45, 2.75) is 53.4 Å². The van der Waals surface area contributed by atoms with Gasteiger partial charge in [-0.05, 0) is 153 Å². The molecule has 0 saturated carbocycles. The monoisotopic (exact) mass is 866 g/mol. The van der Waals surface area contributed by atoms with Gasteiger partial charge in [-0.25, -0.2) is 0 Å². The van der Waals surface area contributed by atoms with E-state index in [4.69, 9.17) is 4.42 Å². The summed E-state index contributed by atoms with van der Waals surface area (Å²) >= 11 is 0. The van der Waals surface area contributed by atoms with Crippen molar-refractivity contribution in [3.8, 4) is 22.3 Å². The second kappa shape index (κ2) is 17.2. The zero-order chi connectivity index (χ0) is 45.8. The highest BCUT2D eigenvalue weighted by Gasteiger charge is 2.23. The van der Waals surface area contributed by atoms with Gasteiger partial charge < -0.3 is 14.2 Å². The van der Waals surface area contributed by atoms with Gasteiger partial charge in [0.2, 0.25) is 0 Å². The fourth-order valence-electron chi connectivity index (χ4n) is 9.99. The van der Waals surface area contributed by atoms with Crippen molar-refractivity contribution in [3.63, 3.8) is 0 Å². The van der Waals surface area contributed by atoms with Crippen molar-refractivity contribution in [1.82, 2.24) is 0 Å². The van der Waals surface area contributed by atoms with Gasteiger partial charge in [-0.1, -0.05) is 161 Å². The van der Waals surface area contributed by atoms with Crippen LogP contribution in [0.3, 0.4) is 0 Å². The van der Waals surface area contributed by atoms with Gasteiger partial charge in [-0.15, -0.1) is 0 Å². The highest BCUT2D eigenvalue weighted by Crippen LogP contribution is 2.47. The number of aryl methyl sites for hydroxylation is 2. The summed E-state index contributed by atoms with van der Waals surface area (Å²) in [5.41, 5.74) is 18.4. The van der Waals surface area contributed by atoms with Crippen LogP contribution in [0, 0.1) is 13.8 Å². The average Bonchev–Trinajstić information content (AvgIpc) is 3.69. The lowest BCUT2D eigenvalue weighted by molar-refractivity contribution is 0.670. The van der Waals surface area contributed by atoms with Crippen LogP contribution < -0.4 is 9.80 Å². The Labute approximate surface area is 394 Å². The molecule has 0 N–H and O–H groups in total. The average molecular weight is 867 g/mol. The molecule has 0 aliphatic carbocycles. The predicted octanol–water partition coefficient (Wildman–Crippen LogP) is 19.0. The number of anilines is 6. The molecule has 0 spiro atoms. The van der Waals surface area contributed by atoms with E-state index < -0.39 is 0 Å². The molecule has 3 nitrogen and oxygen atoms in total. The number of benzene rings is 10. The van der Waals surface area contributed by atoms with Crippen LogP contribution in [-0.4, -0.2) is 0 Å². The first-order valence-corrected chi connectivity index (χ1v) is 23.6. The maximum atomic E-state index is 6.86. The molecule has 0 aliphatic heterocycles. The molecule has 0 unspecified atom stereocenters. The van der Waals surface area contributed by atoms with Gasteiger partial charge >= 0.3 is 0 Å². The summed E-state index contributed by atoms with van der Waals surface area (Å²) in [6.07, 6.45) is 0. The van der Waals surface area contributed by atoms with E-state index in [1.54, 1.807) is 0 Å². The van der Waals surface area contributed by atoms with E-state index in [1.165, 1.54) is 66.7 Å². The molecule has 11 rings (SSSR count). The molecule has 1 heterocycles. The first-order chi connectivity index (χ1) is 32.7. The summed E-state index contributed by atoms with van der Waals surface area (Å²) in [6, 6.07) is 75.6. The Morgan fingerprint density at radius 1 is 0.343 bits per heavy atom. The van der Waals surface area contributed by atoms with Gasteiger partial charge in [0.15, 0.2) is 0 Å². The Hall–Kier alpha value is -7.88. The first-order valence-electron chi connectivity index (χ1n) is 23.6. The van der Waals surface area contributed by atoms with Crippen molar-refractivity contribution >= 4 is 77.6 Å². The minimum Gasteiger partial charge on any atom is -0.456 e. The third-order valence-electron chi connectivity index (χ3n) is 13.6. The van der Waals surface area contributed by atoms with E-state index in [9.17, 15) is 0 Å². The van der Waals surface area contributed by atoms with Crippen LogP contribution in [0.1, 0.15) is 61.8 Å². The molecule has 67 heavy (non-hydrogen) atoms. The van der Waals surface area contributed by atoms with Gasteiger partial charge in [-0.2, -0.15) is 0 Å². The maximum Gasteiger partial charge on any atom is 0.136 e. The van der Waals surface area contributed by atoms with Gasteiger partial charge in [0.1, 0.15) is 11.2 Å². The van der Waals surface area contributed by atoms with Crippen LogP contribution >= 0.6 is 0 Å². The minimum atomic E-state index is 0.398.